The lowest BCUT2D eigenvalue weighted by atomic mass is 10.1. The molecule has 1 aliphatic rings. The Bertz CT molecular complexity index is 340. The first kappa shape index (κ1) is 15.7. The molecule has 1 fully saturated rings. The third-order valence-corrected chi connectivity index (χ3v) is 3.02. The minimum absolute atomic E-state index is 0.198. The van der Waals surface area contributed by atoms with Gasteiger partial charge >= 0.3 is 12.0 Å². The van der Waals surface area contributed by atoms with Gasteiger partial charge in [-0.3, -0.25) is 4.79 Å². The van der Waals surface area contributed by atoms with Crippen molar-refractivity contribution in [2.75, 3.05) is 32.9 Å². The largest absolute Gasteiger partial charge is 0.480 e. The van der Waals surface area contributed by atoms with E-state index < -0.39 is 17.6 Å². The highest BCUT2D eigenvalue weighted by Crippen LogP contribution is 2.18. The molecule has 1 saturated heterocycles. The summed E-state index contributed by atoms with van der Waals surface area (Å²) in [6.07, 6.45) is 0. The van der Waals surface area contributed by atoms with Crippen LogP contribution in [0.2, 0.25) is 0 Å². The third-order valence-electron chi connectivity index (χ3n) is 3.02. The Morgan fingerprint density at radius 3 is 2.53 bits per heavy atom. The molecule has 0 aromatic heterocycles. The lowest BCUT2D eigenvalue weighted by Crippen LogP contribution is -2.59. The number of nitrogens with zero attached hydrogens (tertiary/aromatic N) is 2. The van der Waals surface area contributed by atoms with E-state index in [0.717, 1.165) is 0 Å². The highest BCUT2D eigenvalue weighted by atomic mass is 16.5. The van der Waals surface area contributed by atoms with Crippen LogP contribution in [-0.4, -0.2) is 76.5 Å². The van der Waals surface area contributed by atoms with Crippen LogP contribution in [0.1, 0.15) is 20.8 Å². The maximum atomic E-state index is 12.5. The van der Waals surface area contributed by atoms with Crippen molar-refractivity contribution in [3.05, 3.63) is 0 Å². The topological polar surface area (TPSA) is 90.3 Å². The van der Waals surface area contributed by atoms with E-state index in [9.17, 15) is 14.7 Å². The van der Waals surface area contributed by atoms with Crippen LogP contribution in [0.5, 0.6) is 0 Å². The van der Waals surface area contributed by atoms with Gasteiger partial charge in [0.25, 0.3) is 0 Å². The molecule has 110 valence electrons. The fourth-order valence-electron chi connectivity index (χ4n) is 1.94. The molecule has 7 heteroatoms. The van der Waals surface area contributed by atoms with Crippen LogP contribution >= 0.6 is 0 Å². The molecule has 1 aliphatic heterocycles. The van der Waals surface area contributed by atoms with E-state index >= 15 is 0 Å². The van der Waals surface area contributed by atoms with Crippen LogP contribution in [-0.2, 0) is 9.53 Å². The summed E-state index contributed by atoms with van der Waals surface area (Å²) in [5.41, 5.74) is -0.603. The molecule has 0 spiro atoms. The SMILES string of the molecule is CC(C)(C)N(CC(=O)O)C(=O)N1CCOCC1CO. The van der Waals surface area contributed by atoms with Gasteiger partial charge in [0.1, 0.15) is 6.54 Å². The number of hydrogen-bond donors (Lipinski definition) is 2. The third kappa shape index (κ3) is 4.07. The van der Waals surface area contributed by atoms with E-state index in [1.165, 1.54) is 9.80 Å². The van der Waals surface area contributed by atoms with Crippen molar-refractivity contribution in [3.63, 3.8) is 0 Å². The first-order valence-electron chi connectivity index (χ1n) is 6.26. The zero-order valence-corrected chi connectivity index (χ0v) is 11.6. The van der Waals surface area contributed by atoms with Gasteiger partial charge < -0.3 is 24.7 Å². The number of carbonyl (C=O) groups excluding carboxylic acids is 1. The summed E-state index contributed by atoms with van der Waals surface area (Å²) in [5, 5.41) is 18.2. The maximum absolute atomic E-state index is 12.5. The van der Waals surface area contributed by atoms with Gasteiger partial charge in [-0.2, -0.15) is 0 Å². The molecule has 2 amide bonds. The number of carbonyl (C=O) groups is 2. The number of hydrogen-bond acceptors (Lipinski definition) is 4. The molecule has 19 heavy (non-hydrogen) atoms. The summed E-state index contributed by atoms with van der Waals surface area (Å²) >= 11 is 0. The standard InChI is InChI=1S/C12H22N2O5/c1-12(2,3)14(6-10(16)17)11(18)13-4-5-19-8-9(13)7-15/h9,15H,4-8H2,1-3H3,(H,16,17). The van der Waals surface area contributed by atoms with Crippen molar-refractivity contribution in [1.29, 1.82) is 0 Å². The van der Waals surface area contributed by atoms with E-state index in [2.05, 4.69) is 0 Å². The Labute approximate surface area is 112 Å². The summed E-state index contributed by atoms with van der Waals surface area (Å²) in [5.74, 6) is -1.06. The molecule has 1 rings (SSSR count). The van der Waals surface area contributed by atoms with Crippen molar-refractivity contribution in [2.45, 2.75) is 32.4 Å². The average molecular weight is 274 g/mol. The van der Waals surface area contributed by atoms with E-state index in [4.69, 9.17) is 9.84 Å². The predicted molar refractivity (Wildman–Crippen MR) is 67.9 cm³/mol. The average Bonchev–Trinajstić information content (AvgIpc) is 2.33. The van der Waals surface area contributed by atoms with Gasteiger partial charge in [-0.1, -0.05) is 0 Å². The zero-order chi connectivity index (χ0) is 14.6. The van der Waals surface area contributed by atoms with Gasteiger partial charge in [0, 0.05) is 12.1 Å². The summed E-state index contributed by atoms with van der Waals surface area (Å²) < 4.78 is 5.21. The molecule has 1 atom stereocenters. The first-order chi connectivity index (χ1) is 8.77. The van der Waals surface area contributed by atoms with E-state index in [0.29, 0.717) is 13.2 Å². The van der Waals surface area contributed by atoms with Gasteiger partial charge in [-0.15, -0.1) is 0 Å². The number of amides is 2. The highest BCUT2D eigenvalue weighted by molar-refractivity contribution is 5.81. The molecule has 2 N–H and O–H groups in total. The van der Waals surface area contributed by atoms with Gasteiger partial charge in [0.2, 0.25) is 0 Å². The number of rotatable bonds is 3. The second-order valence-electron chi connectivity index (χ2n) is 5.54. The fraction of sp³-hybridized carbons (Fsp3) is 0.833. The van der Waals surface area contributed by atoms with Crippen LogP contribution in [0.25, 0.3) is 0 Å². The summed E-state index contributed by atoms with van der Waals surface area (Å²) in [4.78, 5) is 26.2. The van der Waals surface area contributed by atoms with Crippen LogP contribution in [0, 0.1) is 0 Å². The Kier molecular flexibility index (Phi) is 5.13. The number of carboxylic acid groups (broad SMARTS) is 1. The number of aliphatic hydroxyl groups is 1. The Morgan fingerprint density at radius 2 is 2.05 bits per heavy atom. The van der Waals surface area contributed by atoms with Crippen LogP contribution in [0.3, 0.4) is 0 Å². The van der Waals surface area contributed by atoms with Gasteiger partial charge in [-0.25, -0.2) is 4.79 Å². The Hall–Kier alpha value is -1.34. The predicted octanol–water partition coefficient (Wildman–Crippen LogP) is -0.0154. The Balaban J connectivity index is 2.88. The minimum atomic E-state index is -1.06. The second kappa shape index (κ2) is 6.21. The van der Waals surface area contributed by atoms with Crippen molar-refractivity contribution in [2.24, 2.45) is 0 Å². The van der Waals surface area contributed by atoms with Gasteiger partial charge in [0.05, 0.1) is 25.9 Å². The Morgan fingerprint density at radius 1 is 1.42 bits per heavy atom. The number of morpholine rings is 1. The normalized spacial score (nSPS) is 20.2. The number of aliphatic carboxylic acids is 1. The van der Waals surface area contributed by atoms with Crippen molar-refractivity contribution < 1.29 is 24.5 Å². The van der Waals surface area contributed by atoms with Crippen LogP contribution in [0.15, 0.2) is 0 Å². The quantitative estimate of drug-likeness (QED) is 0.755. The highest BCUT2D eigenvalue weighted by Gasteiger charge is 2.35. The van der Waals surface area contributed by atoms with E-state index in [1.807, 2.05) is 0 Å². The van der Waals surface area contributed by atoms with E-state index in [-0.39, 0.29) is 25.8 Å². The lowest BCUT2D eigenvalue weighted by Gasteiger charge is -2.42. The molecule has 0 radical (unpaired) electrons. The van der Waals surface area contributed by atoms with Crippen molar-refractivity contribution in [1.82, 2.24) is 9.80 Å². The number of urea groups is 1. The zero-order valence-electron chi connectivity index (χ0n) is 11.6. The molecule has 0 bridgehead atoms. The summed E-state index contributed by atoms with van der Waals surface area (Å²) in [6, 6.07) is -0.794. The molecule has 0 saturated carbocycles. The van der Waals surface area contributed by atoms with Crippen LogP contribution < -0.4 is 0 Å². The molecule has 0 aromatic carbocycles. The van der Waals surface area contributed by atoms with Gasteiger partial charge in [-0.05, 0) is 20.8 Å². The van der Waals surface area contributed by atoms with Crippen LogP contribution in [0.4, 0.5) is 4.79 Å². The fourth-order valence-corrected chi connectivity index (χ4v) is 1.94. The molecular weight excluding hydrogens is 252 g/mol. The summed E-state index contributed by atoms with van der Waals surface area (Å²) in [7, 11) is 0. The van der Waals surface area contributed by atoms with Crippen molar-refractivity contribution in [3.8, 4) is 0 Å². The first-order valence-corrected chi connectivity index (χ1v) is 6.26. The number of aliphatic hydroxyl groups excluding tert-OH is 1. The summed E-state index contributed by atoms with van der Waals surface area (Å²) in [6.45, 7) is 5.80. The monoisotopic (exact) mass is 274 g/mol. The van der Waals surface area contributed by atoms with Crippen molar-refractivity contribution >= 4 is 12.0 Å². The lowest BCUT2D eigenvalue weighted by molar-refractivity contribution is -0.139. The smallest absolute Gasteiger partial charge is 0.323 e. The molecular formula is C12H22N2O5. The number of ether oxygens (including phenoxy) is 1. The van der Waals surface area contributed by atoms with E-state index in [1.54, 1.807) is 20.8 Å². The molecule has 0 aliphatic carbocycles. The number of carboxylic acids is 1. The molecule has 1 unspecified atom stereocenters. The second-order valence-corrected chi connectivity index (χ2v) is 5.54. The molecule has 7 nitrogen and oxygen atoms in total. The van der Waals surface area contributed by atoms with Gasteiger partial charge in [0.15, 0.2) is 0 Å². The molecule has 1 heterocycles. The molecule has 0 aromatic rings. The maximum Gasteiger partial charge on any atom is 0.323 e. The minimum Gasteiger partial charge on any atom is -0.480 e.